The average molecular weight is 490 g/mol. The molecule has 1 saturated carbocycles. The molecule has 1 aromatic heterocycles. The number of likely N-dealkylation sites (N-methyl/N-ethyl adjacent to an activating group) is 1. The highest BCUT2D eigenvalue weighted by atomic mass is 35.5. The molecule has 3 aliphatic rings. The van der Waals surface area contributed by atoms with E-state index >= 15 is 0 Å². The van der Waals surface area contributed by atoms with E-state index in [4.69, 9.17) is 21.3 Å². The van der Waals surface area contributed by atoms with Crippen LogP contribution in [0.3, 0.4) is 0 Å². The number of aromatic nitrogens is 2. The Balaban J connectivity index is 1.34. The number of fused-ring (bicyclic) bond motifs is 2. The molecule has 3 heterocycles. The Hall–Kier alpha value is -3.16. The van der Waals surface area contributed by atoms with Crippen LogP contribution < -0.4 is 10.2 Å². The minimum absolute atomic E-state index is 0.268. The molecular weight excluding hydrogens is 462 g/mol. The molecule has 8 heteroatoms. The van der Waals surface area contributed by atoms with E-state index in [1.54, 1.807) is 6.20 Å². The summed E-state index contributed by atoms with van der Waals surface area (Å²) in [7, 11) is 3.59. The van der Waals surface area contributed by atoms with Crippen LogP contribution in [0.5, 0.6) is 0 Å². The number of carbonyl (C=O) groups excluding carboxylic acids is 1. The summed E-state index contributed by atoms with van der Waals surface area (Å²) in [6.45, 7) is 2.48. The van der Waals surface area contributed by atoms with Crippen molar-refractivity contribution in [2.45, 2.75) is 37.6 Å². The van der Waals surface area contributed by atoms with Gasteiger partial charge in [-0.1, -0.05) is 29.8 Å². The highest BCUT2D eigenvalue weighted by Gasteiger charge is 2.36. The zero-order valence-corrected chi connectivity index (χ0v) is 20.7. The van der Waals surface area contributed by atoms with Gasteiger partial charge >= 0.3 is 5.97 Å². The predicted octanol–water partition coefficient (Wildman–Crippen LogP) is 5.15. The number of carbonyl (C=O) groups is 1. The van der Waals surface area contributed by atoms with Gasteiger partial charge in [0.1, 0.15) is 10.9 Å². The van der Waals surface area contributed by atoms with Gasteiger partial charge in [0.2, 0.25) is 5.95 Å². The summed E-state index contributed by atoms with van der Waals surface area (Å²) < 4.78 is 5.05. The number of halogens is 1. The van der Waals surface area contributed by atoms with Crippen LogP contribution >= 0.6 is 11.6 Å². The van der Waals surface area contributed by atoms with Crippen molar-refractivity contribution in [2.75, 3.05) is 37.5 Å². The Bertz CT molecular complexity index is 1310. The lowest BCUT2D eigenvalue weighted by Gasteiger charge is -2.28. The zero-order chi connectivity index (χ0) is 24.1. The monoisotopic (exact) mass is 489 g/mol. The number of anilines is 4. The van der Waals surface area contributed by atoms with Gasteiger partial charge in [-0.05, 0) is 72.7 Å². The molecule has 7 nitrogen and oxygen atoms in total. The summed E-state index contributed by atoms with van der Waals surface area (Å²) >= 11 is 6.58. The molecule has 1 N–H and O–H groups in total. The smallest absolute Gasteiger partial charge is 0.315 e. The molecule has 1 atom stereocenters. The SMILES string of the molecule is COC(=O)C1CN(c2nc(Nc3cc4c(c(C5CC5)c3)CCN(C)C4)ncc2Cl)c2ccccc21. The van der Waals surface area contributed by atoms with Crippen LogP contribution in [0.25, 0.3) is 0 Å². The van der Waals surface area contributed by atoms with Gasteiger partial charge in [-0.3, -0.25) is 4.79 Å². The molecule has 0 spiro atoms. The third-order valence-corrected chi connectivity index (χ3v) is 7.54. The van der Waals surface area contributed by atoms with Gasteiger partial charge in [-0.25, -0.2) is 4.98 Å². The lowest BCUT2D eigenvalue weighted by Crippen LogP contribution is -2.27. The number of nitrogens with one attached hydrogen (secondary N) is 1. The summed E-state index contributed by atoms with van der Waals surface area (Å²) in [6.07, 6.45) is 5.26. The maximum Gasteiger partial charge on any atom is 0.315 e. The van der Waals surface area contributed by atoms with Gasteiger partial charge in [-0.2, -0.15) is 4.98 Å². The minimum atomic E-state index is -0.391. The lowest BCUT2D eigenvalue weighted by atomic mass is 9.91. The summed E-state index contributed by atoms with van der Waals surface area (Å²) in [6, 6.07) is 12.3. The van der Waals surface area contributed by atoms with Crippen molar-refractivity contribution in [3.05, 3.63) is 69.9 Å². The van der Waals surface area contributed by atoms with E-state index in [1.807, 2.05) is 29.2 Å². The number of ether oxygens (including phenoxy) is 1. The third-order valence-electron chi connectivity index (χ3n) is 7.27. The van der Waals surface area contributed by atoms with Crippen molar-refractivity contribution < 1.29 is 9.53 Å². The number of rotatable bonds is 5. The fraction of sp³-hybridized carbons (Fsp3) is 0.370. The molecule has 2 aliphatic heterocycles. The summed E-state index contributed by atoms with van der Waals surface area (Å²) in [4.78, 5) is 26.0. The fourth-order valence-electron chi connectivity index (χ4n) is 5.39. The van der Waals surface area contributed by atoms with Crippen molar-refractivity contribution in [3.8, 4) is 0 Å². The molecule has 0 bridgehead atoms. The number of para-hydroxylation sites is 1. The zero-order valence-electron chi connectivity index (χ0n) is 19.9. The maximum absolute atomic E-state index is 12.4. The molecule has 0 amide bonds. The van der Waals surface area contributed by atoms with Crippen LogP contribution in [0.1, 0.15) is 46.9 Å². The molecule has 1 aliphatic carbocycles. The van der Waals surface area contributed by atoms with Crippen LogP contribution in [-0.4, -0.2) is 48.1 Å². The van der Waals surface area contributed by atoms with E-state index in [-0.39, 0.29) is 5.97 Å². The van der Waals surface area contributed by atoms with E-state index in [0.29, 0.717) is 29.3 Å². The van der Waals surface area contributed by atoms with Crippen LogP contribution in [0, 0.1) is 0 Å². The van der Waals surface area contributed by atoms with E-state index in [1.165, 1.54) is 36.6 Å². The second-order valence-electron chi connectivity index (χ2n) is 9.70. The summed E-state index contributed by atoms with van der Waals surface area (Å²) in [5.74, 6) is 1.07. The fourth-order valence-corrected chi connectivity index (χ4v) is 5.59. The maximum atomic E-state index is 12.4. The first-order valence-electron chi connectivity index (χ1n) is 12.1. The molecule has 0 saturated heterocycles. The van der Waals surface area contributed by atoms with Crippen LogP contribution in [0.4, 0.5) is 23.1 Å². The first kappa shape index (κ1) is 22.3. The third kappa shape index (κ3) is 4.13. The second-order valence-corrected chi connectivity index (χ2v) is 10.1. The van der Waals surface area contributed by atoms with Gasteiger partial charge in [0.15, 0.2) is 5.82 Å². The van der Waals surface area contributed by atoms with E-state index in [0.717, 1.165) is 36.4 Å². The molecular formula is C27H28ClN5O2. The molecule has 1 fully saturated rings. The average Bonchev–Trinajstić information content (AvgIpc) is 3.64. The summed E-state index contributed by atoms with van der Waals surface area (Å²) in [5, 5.41) is 3.87. The van der Waals surface area contributed by atoms with E-state index in [9.17, 15) is 4.79 Å². The Morgan fingerprint density at radius 3 is 2.83 bits per heavy atom. The Labute approximate surface area is 210 Å². The van der Waals surface area contributed by atoms with Gasteiger partial charge in [-0.15, -0.1) is 0 Å². The first-order chi connectivity index (χ1) is 17.0. The molecule has 3 aromatic rings. The highest BCUT2D eigenvalue weighted by Crippen LogP contribution is 2.45. The second kappa shape index (κ2) is 8.81. The van der Waals surface area contributed by atoms with Crippen molar-refractivity contribution in [3.63, 3.8) is 0 Å². The van der Waals surface area contributed by atoms with E-state index in [2.05, 4.69) is 34.4 Å². The van der Waals surface area contributed by atoms with Crippen LogP contribution in [0.2, 0.25) is 5.02 Å². The van der Waals surface area contributed by atoms with Gasteiger partial charge in [0.25, 0.3) is 0 Å². The normalized spacial score (nSPS) is 19.3. The molecule has 6 rings (SSSR count). The number of nitrogens with zero attached hydrogens (tertiary/aromatic N) is 4. The first-order valence-corrected chi connectivity index (χ1v) is 12.5. The highest BCUT2D eigenvalue weighted by molar-refractivity contribution is 6.33. The van der Waals surface area contributed by atoms with Crippen LogP contribution in [0.15, 0.2) is 42.6 Å². The number of hydrogen-bond acceptors (Lipinski definition) is 7. The largest absolute Gasteiger partial charge is 0.468 e. The van der Waals surface area contributed by atoms with Gasteiger partial charge < -0.3 is 19.9 Å². The predicted molar refractivity (Wildman–Crippen MR) is 137 cm³/mol. The van der Waals surface area contributed by atoms with Crippen molar-refractivity contribution in [2.24, 2.45) is 0 Å². The number of methoxy groups -OCH3 is 1. The standard InChI is InChI=1S/C27H28ClN5O2/c1-32-10-9-19-17(14-32)11-18(12-21(19)16-7-8-16)30-27-29-13-23(28)25(31-27)33-15-22(26(34)35-2)20-5-3-4-6-24(20)33/h3-6,11-13,16,22H,7-10,14-15H2,1-2H3,(H,29,30,31). The molecule has 35 heavy (non-hydrogen) atoms. The molecule has 1 unspecified atom stereocenters. The molecule has 0 radical (unpaired) electrons. The van der Waals surface area contributed by atoms with Gasteiger partial charge in [0, 0.05) is 31.0 Å². The minimum Gasteiger partial charge on any atom is -0.468 e. The number of hydrogen-bond donors (Lipinski definition) is 1. The van der Waals surface area contributed by atoms with E-state index < -0.39 is 5.92 Å². The van der Waals surface area contributed by atoms with Gasteiger partial charge in [0.05, 0.1) is 13.3 Å². The van der Waals surface area contributed by atoms with Crippen molar-refractivity contribution >= 4 is 40.7 Å². The molecule has 180 valence electrons. The number of esters is 1. The Kier molecular flexibility index (Phi) is 5.61. The lowest BCUT2D eigenvalue weighted by molar-refractivity contribution is -0.142. The Morgan fingerprint density at radius 1 is 1.20 bits per heavy atom. The Morgan fingerprint density at radius 2 is 2.03 bits per heavy atom. The quantitative estimate of drug-likeness (QED) is 0.497. The van der Waals surface area contributed by atoms with Crippen molar-refractivity contribution in [1.29, 1.82) is 0 Å². The summed E-state index contributed by atoms with van der Waals surface area (Å²) in [5.41, 5.74) is 7.20. The molecule has 2 aromatic carbocycles. The topological polar surface area (TPSA) is 70.6 Å². The van der Waals surface area contributed by atoms with Crippen molar-refractivity contribution in [1.82, 2.24) is 14.9 Å². The number of benzene rings is 2. The van der Waals surface area contributed by atoms with Crippen LogP contribution in [-0.2, 0) is 22.5 Å².